The molecule has 0 aliphatic heterocycles. The molecule has 0 aromatic carbocycles. The van der Waals surface area contributed by atoms with E-state index in [-0.39, 0.29) is 0 Å². The van der Waals surface area contributed by atoms with Crippen LogP contribution in [-0.2, 0) is 4.74 Å². The molecule has 0 aliphatic rings. The lowest BCUT2D eigenvalue weighted by molar-refractivity contribution is 0.143. The van der Waals surface area contributed by atoms with Gasteiger partial charge in [-0.3, -0.25) is 0 Å². The summed E-state index contributed by atoms with van der Waals surface area (Å²) in [5, 5.41) is 0. The van der Waals surface area contributed by atoms with Crippen molar-refractivity contribution in [2.24, 2.45) is 0 Å². The second-order valence-electron chi connectivity index (χ2n) is 1.24. The molecule has 0 unspecified atom stereocenters. The van der Waals surface area contributed by atoms with Gasteiger partial charge in [-0.05, 0) is 6.92 Å². The Bertz CT molecular complexity index is 51.4. The van der Waals surface area contributed by atoms with E-state index in [1.807, 2.05) is 6.92 Å². The Balaban J connectivity index is 3.15. The zero-order chi connectivity index (χ0) is 5.91. The number of rotatable bonds is 2. The second kappa shape index (κ2) is 2.92. The number of alkyl halides is 2. The maximum atomic E-state index is 5.44. The summed E-state index contributed by atoms with van der Waals surface area (Å²) in [4.78, 5) is 0. The van der Waals surface area contributed by atoms with Gasteiger partial charge < -0.3 is 4.74 Å². The molecule has 0 aromatic rings. The Hall–Kier alpha value is 0.757. The number of hydrogen-bond acceptors (Lipinski definition) is 1. The van der Waals surface area contributed by atoms with Crippen LogP contribution in [0.2, 0.25) is 0 Å². The van der Waals surface area contributed by atoms with Gasteiger partial charge in [0.1, 0.15) is 0 Å². The molecule has 0 radical (unpaired) electrons. The van der Waals surface area contributed by atoms with E-state index < -0.39 is 4.14 Å². The highest BCUT2D eigenvalue weighted by Gasteiger charge is 2.13. The Morgan fingerprint density at radius 1 is 1.71 bits per heavy atom. The van der Waals surface area contributed by atoms with E-state index in [2.05, 4.69) is 0 Å². The minimum Gasteiger partial charge on any atom is -0.351 e. The van der Waals surface area contributed by atoms with Crippen molar-refractivity contribution in [1.82, 2.24) is 0 Å². The van der Waals surface area contributed by atoms with Crippen LogP contribution in [0.4, 0.5) is 0 Å². The third-order valence-corrected chi connectivity index (χ3v) is 0.905. The number of ether oxygens (including phenoxy) is 1. The molecule has 4 heteroatoms. The van der Waals surface area contributed by atoms with E-state index in [9.17, 15) is 0 Å². The van der Waals surface area contributed by atoms with E-state index in [1.165, 1.54) is 0 Å². The highest BCUT2D eigenvalue weighted by Crippen LogP contribution is 2.15. The van der Waals surface area contributed by atoms with Crippen LogP contribution in [0, 0.1) is 0 Å². The summed E-state index contributed by atoms with van der Waals surface area (Å²) in [6.07, 6.45) is 0. The highest BCUT2D eigenvalue weighted by atomic mass is 35.5. The first-order chi connectivity index (χ1) is 3.06. The van der Waals surface area contributed by atoms with Gasteiger partial charge in [-0.15, -0.1) is 0 Å². The third kappa shape index (κ3) is 6.76. The van der Waals surface area contributed by atoms with Crippen molar-refractivity contribution in [2.75, 3.05) is 6.61 Å². The zero-order valence-corrected chi connectivity index (χ0v) is 7.88. The molecule has 0 saturated carbocycles. The summed E-state index contributed by atoms with van der Waals surface area (Å²) in [5.41, 5.74) is 0. The molecule has 0 fully saturated rings. The normalized spacial score (nSPS) is 12.4. The van der Waals surface area contributed by atoms with Crippen molar-refractivity contribution in [2.45, 2.75) is 11.1 Å². The summed E-state index contributed by atoms with van der Waals surface area (Å²) >= 11 is 10.9. The summed E-state index contributed by atoms with van der Waals surface area (Å²) < 4.78 is 3.96. The molecule has 0 saturated heterocycles. The molecule has 0 heterocycles. The van der Waals surface area contributed by atoms with E-state index in [1.54, 1.807) is 0 Å². The van der Waals surface area contributed by atoms with Crippen molar-refractivity contribution in [3.8, 4) is 0 Å². The predicted octanol–water partition coefficient (Wildman–Crippen LogP) is 0.477. The Morgan fingerprint density at radius 3 is 2.14 bits per heavy atom. The molecule has 0 bridgehead atoms. The first kappa shape index (κ1) is 7.76. The van der Waals surface area contributed by atoms with E-state index in [4.69, 9.17) is 27.9 Å². The summed E-state index contributed by atoms with van der Waals surface area (Å²) in [7, 11) is 0.646. The molecule has 44 valence electrons. The molecule has 1 nitrogen and oxygen atoms in total. The van der Waals surface area contributed by atoms with Gasteiger partial charge in [-0.1, -0.05) is 23.2 Å². The lowest BCUT2D eigenvalue weighted by atomic mass is 10.9. The minimum atomic E-state index is -0.866. The molecule has 0 spiro atoms. The van der Waals surface area contributed by atoms with E-state index >= 15 is 0 Å². The van der Waals surface area contributed by atoms with Crippen LogP contribution >= 0.6 is 23.2 Å². The highest BCUT2D eigenvalue weighted by molar-refractivity contribution is 6.63. The van der Waals surface area contributed by atoms with Crippen molar-refractivity contribution >= 4 is 33.4 Å². The smallest absolute Gasteiger partial charge is 0.188 e. The van der Waals surface area contributed by atoms with Crippen LogP contribution in [0.1, 0.15) is 6.92 Å². The van der Waals surface area contributed by atoms with Crippen LogP contribution in [0.25, 0.3) is 0 Å². The summed E-state index contributed by atoms with van der Waals surface area (Å²) in [5.74, 6) is 0. The van der Waals surface area contributed by atoms with Crippen molar-refractivity contribution in [3.63, 3.8) is 0 Å². The van der Waals surface area contributed by atoms with Gasteiger partial charge in [-0.2, -0.15) is 0 Å². The largest absolute Gasteiger partial charge is 0.351 e. The summed E-state index contributed by atoms with van der Waals surface area (Å²) in [6, 6.07) is 0. The van der Waals surface area contributed by atoms with Gasteiger partial charge >= 0.3 is 0 Å². The first-order valence-corrected chi connectivity index (χ1v) is 3.83. The fourth-order valence-electron chi connectivity index (χ4n) is 0.253. The van der Waals surface area contributed by atoms with Crippen molar-refractivity contribution in [1.29, 1.82) is 0 Å². The molecule has 0 N–H and O–H groups in total. The second-order valence-corrected chi connectivity index (χ2v) is 5.55. The van der Waals surface area contributed by atoms with E-state index in [0.717, 1.165) is 0 Å². The third-order valence-electron chi connectivity index (χ3n) is 0.398. The SMILES string of the molecule is CCOC([SiH3])(Cl)Cl. The average molecular weight is 159 g/mol. The van der Waals surface area contributed by atoms with Gasteiger partial charge in [0.2, 0.25) is 0 Å². The van der Waals surface area contributed by atoms with Crippen LogP contribution < -0.4 is 0 Å². The van der Waals surface area contributed by atoms with Gasteiger partial charge in [0, 0.05) is 6.61 Å². The predicted molar refractivity (Wildman–Crippen MR) is 36.0 cm³/mol. The quantitative estimate of drug-likeness (QED) is 0.420. The van der Waals surface area contributed by atoms with Gasteiger partial charge in [0.25, 0.3) is 0 Å². The minimum absolute atomic E-state index is 0.580. The fraction of sp³-hybridized carbons (Fsp3) is 1.00. The van der Waals surface area contributed by atoms with Gasteiger partial charge in [-0.25, -0.2) is 0 Å². The molecule has 0 rings (SSSR count). The average Bonchev–Trinajstić information content (AvgIpc) is 1.30. The molecule has 0 aliphatic carbocycles. The lowest BCUT2D eigenvalue weighted by Gasteiger charge is -2.11. The number of hydrogen-bond donors (Lipinski definition) is 0. The van der Waals surface area contributed by atoms with E-state index in [0.29, 0.717) is 16.8 Å². The maximum Gasteiger partial charge on any atom is 0.188 e. The topological polar surface area (TPSA) is 9.23 Å². The monoisotopic (exact) mass is 158 g/mol. The van der Waals surface area contributed by atoms with Crippen LogP contribution in [0.3, 0.4) is 0 Å². The molecule has 7 heavy (non-hydrogen) atoms. The standard InChI is InChI=1S/C3H8Cl2OSi/c1-2-6-3(4,5)7/h2H2,1,7H3. The Morgan fingerprint density at radius 2 is 2.14 bits per heavy atom. The van der Waals surface area contributed by atoms with Crippen LogP contribution in [-0.4, -0.2) is 21.0 Å². The van der Waals surface area contributed by atoms with Crippen LogP contribution in [0.5, 0.6) is 0 Å². The Labute approximate surface area is 56.4 Å². The first-order valence-electron chi connectivity index (χ1n) is 2.08. The van der Waals surface area contributed by atoms with Crippen LogP contribution in [0.15, 0.2) is 0 Å². The molecule has 0 aromatic heterocycles. The molecular formula is C3H8Cl2OSi. The van der Waals surface area contributed by atoms with Crippen molar-refractivity contribution < 1.29 is 4.74 Å². The van der Waals surface area contributed by atoms with Crippen molar-refractivity contribution in [3.05, 3.63) is 0 Å². The number of halogens is 2. The fourth-order valence-corrected chi connectivity index (χ4v) is 0.760. The summed E-state index contributed by atoms with van der Waals surface area (Å²) in [6.45, 7) is 2.44. The lowest BCUT2D eigenvalue weighted by Crippen LogP contribution is -2.16. The van der Waals surface area contributed by atoms with Gasteiger partial charge in [0.05, 0.1) is 10.2 Å². The Kier molecular flexibility index (Phi) is 3.24. The van der Waals surface area contributed by atoms with Gasteiger partial charge in [0.15, 0.2) is 4.14 Å². The molecule has 0 amide bonds. The molecular weight excluding hydrogens is 151 g/mol. The zero-order valence-electron chi connectivity index (χ0n) is 4.37. The molecule has 0 atom stereocenters. The maximum absolute atomic E-state index is 5.44.